The van der Waals surface area contributed by atoms with Crippen molar-refractivity contribution in [1.82, 2.24) is 5.32 Å². The van der Waals surface area contributed by atoms with Gasteiger partial charge in [0.2, 0.25) is 0 Å². The highest BCUT2D eigenvalue weighted by molar-refractivity contribution is 4.84. The third-order valence-corrected chi connectivity index (χ3v) is 4.69. The van der Waals surface area contributed by atoms with E-state index in [1.807, 2.05) is 0 Å². The number of hydrogen-bond acceptors (Lipinski definition) is 2. The summed E-state index contributed by atoms with van der Waals surface area (Å²) in [7, 11) is 0. The molecule has 21 heavy (non-hydrogen) atoms. The maximum Gasteiger partial charge on any atom is 0.411 e. The monoisotopic (exact) mass is 307 g/mol. The standard InChI is InChI=1S/C16H28F3NO/c17-16(18,19)12-21-10-4-7-13-5-2-1-3-6-14(13)11-20-15-8-9-15/h13-15,20H,1-12H2. The van der Waals surface area contributed by atoms with Crippen LogP contribution in [0, 0.1) is 11.8 Å². The van der Waals surface area contributed by atoms with Gasteiger partial charge in [0, 0.05) is 12.6 Å². The van der Waals surface area contributed by atoms with E-state index in [9.17, 15) is 13.2 Å². The molecule has 0 heterocycles. The van der Waals surface area contributed by atoms with Gasteiger partial charge in [-0.05, 0) is 50.5 Å². The van der Waals surface area contributed by atoms with Crippen molar-refractivity contribution in [3.8, 4) is 0 Å². The minimum absolute atomic E-state index is 0.235. The van der Waals surface area contributed by atoms with E-state index in [1.165, 1.54) is 44.9 Å². The zero-order valence-electron chi connectivity index (χ0n) is 12.8. The lowest BCUT2D eigenvalue weighted by Crippen LogP contribution is -2.29. The molecule has 1 N–H and O–H groups in total. The second-order valence-corrected chi connectivity index (χ2v) is 6.65. The smallest absolute Gasteiger partial charge is 0.372 e. The van der Waals surface area contributed by atoms with Crippen molar-refractivity contribution >= 4 is 0 Å². The fraction of sp³-hybridized carbons (Fsp3) is 1.00. The molecule has 124 valence electrons. The lowest BCUT2D eigenvalue weighted by Gasteiger charge is -2.25. The number of hydrogen-bond donors (Lipinski definition) is 1. The summed E-state index contributed by atoms with van der Waals surface area (Å²) in [5, 5.41) is 3.63. The largest absolute Gasteiger partial charge is 0.411 e. The molecule has 0 bridgehead atoms. The van der Waals surface area contributed by atoms with Crippen molar-refractivity contribution in [3.63, 3.8) is 0 Å². The summed E-state index contributed by atoms with van der Waals surface area (Å²) in [6.07, 6.45) is 6.57. The first-order chi connectivity index (χ1) is 10.0. The van der Waals surface area contributed by atoms with Gasteiger partial charge in [0.15, 0.2) is 0 Å². The maximum atomic E-state index is 12.0. The Kier molecular flexibility index (Phi) is 6.80. The summed E-state index contributed by atoms with van der Waals surface area (Å²) in [5.74, 6) is 1.36. The fourth-order valence-corrected chi connectivity index (χ4v) is 3.35. The average Bonchev–Trinajstić information content (AvgIpc) is 3.22. The minimum Gasteiger partial charge on any atom is -0.372 e. The predicted molar refractivity (Wildman–Crippen MR) is 77.2 cm³/mol. The molecular weight excluding hydrogens is 279 g/mol. The molecule has 2 saturated carbocycles. The van der Waals surface area contributed by atoms with Crippen LogP contribution < -0.4 is 5.32 Å². The molecule has 0 saturated heterocycles. The SMILES string of the molecule is FC(F)(F)COCCCC1CCCCCC1CNC1CC1. The molecule has 0 spiro atoms. The van der Waals surface area contributed by atoms with Crippen LogP contribution in [0.2, 0.25) is 0 Å². The van der Waals surface area contributed by atoms with Crippen LogP contribution in [0.4, 0.5) is 13.2 Å². The van der Waals surface area contributed by atoms with Gasteiger partial charge < -0.3 is 10.1 Å². The van der Waals surface area contributed by atoms with Crippen LogP contribution in [0.3, 0.4) is 0 Å². The zero-order chi connectivity index (χ0) is 15.1. The molecule has 2 atom stereocenters. The maximum absolute atomic E-state index is 12.0. The summed E-state index contributed by atoms with van der Waals surface area (Å²) in [4.78, 5) is 0. The van der Waals surface area contributed by atoms with Crippen molar-refractivity contribution < 1.29 is 17.9 Å². The Morgan fingerprint density at radius 1 is 0.952 bits per heavy atom. The Labute approximate surface area is 125 Å². The van der Waals surface area contributed by atoms with Gasteiger partial charge in [0.1, 0.15) is 6.61 Å². The molecule has 2 rings (SSSR count). The Bertz CT molecular complexity index is 292. The van der Waals surface area contributed by atoms with Gasteiger partial charge in [-0.2, -0.15) is 13.2 Å². The van der Waals surface area contributed by atoms with E-state index in [4.69, 9.17) is 4.74 Å². The van der Waals surface area contributed by atoms with E-state index in [0.717, 1.165) is 25.4 Å². The van der Waals surface area contributed by atoms with Crippen LogP contribution in [0.15, 0.2) is 0 Å². The molecule has 5 heteroatoms. The fourth-order valence-electron chi connectivity index (χ4n) is 3.35. The number of alkyl halides is 3. The summed E-state index contributed by atoms with van der Waals surface area (Å²) in [6.45, 7) is 0.224. The second kappa shape index (κ2) is 8.37. The van der Waals surface area contributed by atoms with Gasteiger partial charge in [-0.3, -0.25) is 0 Å². The van der Waals surface area contributed by atoms with E-state index in [0.29, 0.717) is 11.8 Å². The molecular formula is C16H28F3NO. The first-order valence-corrected chi connectivity index (χ1v) is 8.42. The Morgan fingerprint density at radius 2 is 1.67 bits per heavy atom. The number of rotatable bonds is 8. The number of halogens is 3. The molecule has 2 aliphatic rings. The van der Waals surface area contributed by atoms with Crippen molar-refractivity contribution in [1.29, 1.82) is 0 Å². The van der Waals surface area contributed by atoms with E-state index in [-0.39, 0.29) is 6.61 Å². The van der Waals surface area contributed by atoms with Gasteiger partial charge in [-0.25, -0.2) is 0 Å². The van der Waals surface area contributed by atoms with Crippen molar-refractivity contribution in [3.05, 3.63) is 0 Å². The third-order valence-electron chi connectivity index (χ3n) is 4.69. The van der Waals surface area contributed by atoms with Crippen LogP contribution in [0.5, 0.6) is 0 Å². The molecule has 0 aromatic carbocycles. The van der Waals surface area contributed by atoms with E-state index >= 15 is 0 Å². The minimum atomic E-state index is -4.20. The van der Waals surface area contributed by atoms with Gasteiger partial charge in [-0.1, -0.05) is 25.7 Å². The molecule has 0 aromatic rings. The summed E-state index contributed by atoms with van der Waals surface area (Å²) < 4.78 is 40.7. The highest BCUT2D eigenvalue weighted by atomic mass is 19.4. The molecule has 0 aromatic heterocycles. The lowest BCUT2D eigenvalue weighted by atomic mass is 9.84. The Balaban J connectivity index is 1.64. The van der Waals surface area contributed by atoms with E-state index in [2.05, 4.69) is 5.32 Å². The quantitative estimate of drug-likeness (QED) is 0.533. The zero-order valence-corrected chi connectivity index (χ0v) is 12.8. The average molecular weight is 307 g/mol. The first-order valence-electron chi connectivity index (χ1n) is 8.42. The number of ether oxygens (including phenoxy) is 1. The van der Waals surface area contributed by atoms with Gasteiger partial charge in [-0.15, -0.1) is 0 Å². The van der Waals surface area contributed by atoms with Gasteiger partial charge >= 0.3 is 6.18 Å². The van der Waals surface area contributed by atoms with Crippen LogP contribution >= 0.6 is 0 Å². The van der Waals surface area contributed by atoms with Crippen LogP contribution in [0.25, 0.3) is 0 Å². The predicted octanol–water partition coefficient (Wildman–Crippen LogP) is 4.29. The van der Waals surface area contributed by atoms with Gasteiger partial charge in [0.25, 0.3) is 0 Å². The number of nitrogens with one attached hydrogen (secondary N) is 1. The van der Waals surface area contributed by atoms with Crippen molar-refractivity contribution in [2.75, 3.05) is 19.8 Å². The second-order valence-electron chi connectivity index (χ2n) is 6.65. The summed E-state index contributed by atoms with van der Waals surface area (Å²) in [5.41, 5.74) is 0. The molecule has 0 aliphatic heterocycles. The van der Waals surface area contributed by atoms with Crippen molar-refractivity contribution in [2.45, 2.75) is 70.0 Å². The molecule has 2 unspecified atom stereocenters. The highest BCUT2D eigenvalue weighted by Crippen LogP contribution is 2.32. The van der Waals surface area contributed by atoms with Crippen LogP contribution in [-0.2, 0) is 4.74 Å². The first kappa shape index (κ1) is 17.1. The molecule has 2 aliphatic carbocycles. The highest BCUT2D eigenvalue weighted by Gasteiger charge is 2.28. The van der Waals surface area contributed by atoms with E-state index in [1.54, 1.807) is 0 Å². The normalized spacial score (nSPS) is 27.6. The van der Waals surface area contributed by atoms with E-state index < -0.39 is 12.8 Å². The molecule has 2 nitrogen and oxygen atoms in total. The molecule has 0 radical (unpaired) electrons. The molecule has 0 amide bonds. The summed E-state index contributed by atoms with van der Waals surface area (Å²) in [6, 6.07) is 0.740. The van der Waals surface area contributed by atoms with Gasteiger partial charge in [0.05, 0.1) is 0 Å². The van der Waals surface area contributed by atoms with Crippen molar-refractivity contribution in [2.24, 2.45) is 11.8 Å². The Hall–Kier alpha value is -0.290. The lowest BCUT2D eigenvalue weighted by molar-refractivity contribution is -0.174. The molecule has 2 fully saturated rings. The summed E-state index contributed by atoms with van der Waals surface area (Å²) >= 11 is 0. The Morgan fingerprint density at radius 3 is 2.33 bits per heavy atom. The third kappa shape index (κ3) is 7.50. The van der Waals surface area contributed by atoms with Crippen LogP contribution in [0.1, 0.15) is 57.8 Å². The topological polar surface area (TPSA) is 21.3 Å². The van der Waals surface area contributed by atoms with Crippen LogP contribution in [-0.4, -0.2) is 32.0 Å².